The van der Waals surface area contributed by atoms with Crippen LogP contribution in [0.25, 0.3) is 11.2 Å². The van der Waals surface area contributed by atoms with E-state index in [-0.39, 0.29) is 29.8 Å². The van der Waals surface area contributed by atoms with Crippen molar-refractivity contribution in [1.29, 1.82) is 0 Å². The molecule has 2 saturated heterocycles. The van der Waals surface area contributed by atoms with Gasteiger partial charge in [-0.15, -0.1) is 0 Å². The van der Waals surface area contributed by atoms with Crippen molar-refractivity contribution in [3.63, 3.8) is 0 Å². The minimum absolute atomic E-state index is 0.0424. The second-order valence-electron chi connectivity index (χ2n) is 13.0. The Kier molecular flexibility index (Phi) is 10.7. The number of sulfonamides is 1. The quantitative estimate of drug-likeness (QED) is 0.121. The van der Waals surface area contributed by atoms with Crippen LogP contribution in [-0.2, 0) is 26.0 Å². The Morgan fingerprint density at radius 2 is 1.61 bits per heavy atom. The molecule has 0 bridgehead atoms. The van der Waals surface area contributed by atoms with Crippen molar-refractivity contribution in [3.8, 4) is 0 Å². The number of methoxy groups -OCH3 is 1. The molecule has 51 heavy (non-hydrogen) atoms. The molecule has 2 aliphatic heterocycles. The summed E-state index contributed by atoms with van der Waals surface area (Å²) in [6, 6.07) is 27.3. The van der Waals surface area contributed by atoms with Crippen molar-refractivity contribution in [3.05, 3.63) is 114 Å². The molecule has 0 amide bonds. The predicted octanol–water partition coefficient (Wildman–Crippen LogP) is 3.28. The number of aliphatic hydroxyl groups excluding tert-OH is 2. The molecule has 14 heteroatoms. The third kappa shape index (κ3) is 7.67. The summed E-state index contributed by atoms with van der Waals surface area (Å²) in [6.45, 7) is 2.21. The zero-order valence-electron chi connectivity index (χ0n) is 28.3. The van der Waals surface area contributed by atoms with Gasteiger partial charge < -0.3 is 30.3 Å². The molecule has 4 atom stereocenters. The van der Waals surface area contributed by atoms with Crippen LogP contribution in [0.2, 0.25) is 0 Å². The van der Waals surface area contributed by atoms with Crippen LogP contribution < -0.4 is 15.4 Å². The van der Waals surface area contributed by atoms with E-state index in [2.05, 4.69) is 44.6 Å². The lowest BCUT2D eigenvalue weighted by Gasteiger charge is -2.23. The molecular formula is C37H43N7O6S. The zero-order chi connectivity index (χ0) is 35.4. The van der Waals surface area contributed by atoms with Crippen LogP contribution in [0.5, 0.6) is 0 Å². The summed E-state index contributed by atoms with van der Waals surface area (Å²) in [7, 11) is -2.42. The number of aromatic nitrogens is 4. The molecule has 0 saturated carbocycles. The van der Waals surface area contributed by atoms with Gasteiger partial charge in [-0.1, -0.05) is 72.8 Å². The lowest BCUT2D eigenvalue weighted by Crippen LogP contribution is -2.33. The maximum absolute atomic E-state index is 13.5. The lowest BCUT2D eigenvalue weighted by molar-refractivity contribution is -0.0580. The second-order valence-corrected chi connectivity index (χ2v) is 14.8. The summed E-state index contributed by atoms with van der Waals surface area (Å²) in [5.74, 6) is 0.930. The van der Waals surface area contributed by atoms with E-state index in [0.717, 1.165) is 42.6 Å². The van der Waals surface area contributed by atoms with Gasteiger partial charge in [0.25, 0.3) is 0 Å². The Morgan fingerprint density at radius 1 is 0.941 bits per heavy atom. The number of imidazole rings is 1. The van der Waals surface area contributed by atoms with E-state index in [9.17, 15) is 18.6 Å². The molecular weight excluding hydrogens is 671 g/mol. The largest absolute Gasteiger partial charge is 0.387 e. The van der Waals surface area contributed by atoms with Crippen molar-refractivity contribution < 1.29 is 28.1 Å². The predicted molar refractivity (Wildman–Crippen MR) is 192 cm³/mol. The summed E-state index contributed by atoms with van der Waals surface area (Å²) in [6.07, 6.45) is -0.757. The van der Waals surface area contributed by atoms with Gasteiger partial charge in [-0.25, -0.2) is 28.1 Å². The van der Waals surface area contributed by atoms with Gasteiger partial charge >= 0.3 is 0 Å². The number of hydrogen-bond acceptors (Lipinski definition) is 11. The molecule has 2 aromatic heterocycles. The molecule has 5 aromatic rings. The van der Waals surface area contributed by atoms with E-state index in [1.165, 1.54) is 18.0 Å². The van der Waals surface area contributed by atoms with Crippen LogP contribution in [0.1, 0.15) is 53.4 Å². The molecule has 0 unspecified atom stereocenters. The maximum atomic E-state index is 13.5. The van der Waals surface area contributed by atoms with Crippen LogP contribution in [0.3, 0.4) is 0 Å². The van der Waals surface area contributed by atoms with Gasteiger partial charge in [-0.2, -0.15) is 0 Å². The summed E-state index contributed by atoms with van der Waals surface area (Å²) in [4.78, 5) is 14.2. The number of benzene rings is 3. The lowest BCUT2D eigenvalue weighted by atomic mass is 9.90. The van der Waals surface area contributed by atoms with E-state index < -0.39 is 34.6 Å². The van der Waals surface area contributed by atoms with E-state index >= 15 is 0 Å². The van der Waals surface area contributed by atoms with E-state index in [4.69, 9.17) is 19.4 Å². The highest BCUT2D eigenvalue weighted by Gasteiger charge is 2.44. The van der Waals surface area contributed by atoms with Crippen LogP contribution in [0, 0.1) is 0 Å². The van der Waals surface area contributed by atoms with Crippen molar-refractivity contribution >= 4 is 27.0 Å². The standard InChI is InChI=1S/C37H43N7O6S/c1-49-22-30-33(45)34(46)37(50-30)44-23-40-32-35(39-20-29(26-8-4-2-5-9-26)27-10-6-3-7-11-27)42-31(43-36(32)44)21-41-51(47,48)28-14-12-24(13-15-28)25-16-18-38-19-17-25/h2-15,23,25,29-30,33-34,37-38,41,45-46H,16-22H2,1H3,(H,39,42,43)/t30-,33-,34-,37-/m1/s1. The molecule has 268 valence electrons. The first-order valence-corrected chi connectivity index (χ1v) is 18.7. The normalized spacial score (nSPS) is 21.4. The first-order chi connectivity index (χ1) is 24.8. The van der Waals surface area contributed by atoms with Gasteiger partial charge in [0, 0.05) is 19.6 Å². The van der Waals surface area contributed by atoms with Gasteiger partial charge in [0.05, 0.1) is 24.4 Å². The van der Waals surface area contributed by atoms with Crippen molar-refractivity contribution in [2.24, 2.45) is 0 Å². The van der Waals surface area contributed by atoms with Crippen LogP contribution >= 0.6 is 0 Å². The number of piperidine rings is 1. The molecule has 7 rings (SSSR count). The molecule has 5 N–H and O–H groups in total. The highest BCUT2D eigenvalue weighted by Crippen LogP contribution is 2.33. The molecule has 13 nitrogen and oxygen atoms in total. The molecule has 0 spiro atoms. The van der Waals surface area contributed by atoms with Gasteiger partial charge in [0.2, 0.25) is 10.0 Å². The number of nitrogens with one attached hydrogen (secondary N) is 3. The minimum atomic E-state index is -3.91. The van der Waals surface area contributed by atoms with E-state index in [0.29, 0.717) is 29.4 Å². The molecule has 4 heterocycles. The summed E-state index contributed by atoms with van der Waals surface area (Å²) in [5, 5.41) is 28.4. The van der Waals surface area contributed by atoms with Crippen molar-refractivity contribution in [2.75, 3.05) is 38.7 Å². The third-order valence-corrected chi connectivity index (χ3v) is 11.1. The fourth-order valence-electron chi connectivity index (χ4n) is 6.93. The Bertz CT molecular complexity index is 1970. The monoisotopic (exact) mass is 713 g/mol. The number of aliphatic hydroxyl groups is 2. The Hall–Kier alpha value is -4.28. The van der Waals surface area contributed by atoms with Crippen LogP contribution in [0.15, 0.2) is 96.2 Å². The number of anilines is 1. The van der Waals surface area contributed by atoms with Crippen LogP contribution in [0.4, 0.5) is 5.82 Å². The Labute approximate surface area is 297 Å². The number of ether oxygens (including phenoxy) is 2. The number of hydrogen-bond donors (Lipinski definition) is 5. The summed E-state index contributed by atoms with van der Waals surface area (Å²) in [5.41, 5.74) is 4.04. The highest BCUT2D eigenvalue weighted by molar-refractivity contribution is 7.89. The second kappa shape index (κ2) is 15.5. The molecule has 0 aliphatic carbocycles. The first-order valence-electron chi connectivity index (χ1n) is 17.2. The zero-order valence-corrected chi connectivity index (χ0v) is 29.1. The molecule has 2 fully saturated rings. The average molecular weight is 714 g/mol. The van der Waals surface area contributed by atoms with E-state index in [1.54, 1.807) is 12.1 Å². The fourth-order valence-corrected chi connectivity index (χ4v) is 7.91. The third-order valence-electron chi connectivity index (χ3n) is 9.71. The van der Waals surface area contributed by atoms with Gasteiger partial charge in [0.15, 0.2) is 23.2 Å². The van der Waals surface area contributed by atoms with Gasteiger partial charge in [0.1, 0.15) is 24.1 Å². The topological polar surface area (TPSA) is 173 Å². The smallest absolute Gasteiger partial charge is 0.240 e. The number of nitrogens with zero attached hydrogens (tertiary/aromatic N) is 4. The summed E-state index contributed by atoms with van der Waals surface area (Å²) >= 11 is 0. The van der Waals surface area contributed by atoms with Gasteiger partial charge in [-0.3, -0.25) is 4.57 Å². The molecule has 3 aromatic carbocycles. The Balaban J connectivity index is 1.19. The van der Waals surface area contributed by atoms with Crippen molar-refractivity contribution in [2.45, 2.75) is 60.7 Å². The number of fused-ring (bicyclic) bond motifs is 1. The molecule has 0 radical (unpaired) electrons. The minimum Gasteiger partial charge on any atom is -0.387 e. The fraction of sp³-hybridized carbons (Fsp3) is 0.378. The Morgan fingerprint density at radius 3 is 2.25 bits per heavy atom. The van der Waals surface area contributed by atoms with Gasteiger partial charge in [-0.05, 0) is 60.7 Å². The average Bonchev–Trinajstić information content (AvgIpc) is 3.72. The van der Waals surface area contributed by atoms with Crippen molar-refractivity contribution in [1.82, 2.24) is 29.6 Å². The number of rotatable bonds is 13. The highest BCUT2D eigenvalue weighted by atomic mass is 32.2. The maximum Gasteiger partial charge on any atom is 0.240 e. The van der Waals surface area contributed by atoms with E-state index in [1.807, 2.05) is 48.5 Å². The summed E-state index contributed by atoms with van der Waals surface area (Å²) < 4.78 is 42.3. The SMILES string of the molecule is COC[C@H]1O[C@@H](n2cnc3c(NCC(c4ccccc4)c4ccccc4)nc(CNS(=O)(=O)c4ccc(C5CCNCC5)cc4)nc32)[C@H](O)[C@@H]1O. The van der Waals surface area contributed by atoms with Crippen LogP contribution in [-0.4, -0.2) is 89.8 Å². The first kappa shape index (κ1) is 35.1. The molecule has 2 aliphatic rings.